The molecule has 1 amide bonds. The first-order valence-corrected chi connectivity index (χ1v) is 13.9. The lowest BCUT2D eigenvalue weighted by molar-refractivity contribution is 0.0636. The van der Waals surface area contributed by atoms with Crippen molar-refractivity contribution in [3.05, 3.63) is 71.7 Å². The number of hydrogen-bond donors (Lipinski definition) is 2. The highest BCUT2D eigenvalue weighted by Gasteiger charge is 2.22. The molecule has 1 saturated heterocycles. The lowest BCUT2D eigenvalue weighted by Crippen LogP contribution is -2.27. The molecule has 1 unspecified atom stereocenters. The fraction of sp³-hybridized carbons (Fsp3) is 0.375. The summed E-state index contributed by atoms with van der Waals surface area (Å²) in [5, 5.41) is 6.98. The van der Waals surface area contributed by atoms with E-state index >= 15 is 0 Å². The molecule has 0 radical (unpaired) electrons. The molecular weight excluding hydrogens is 516 g/mol. The number of ether oxygens (including phenoxy) is 2. The third kappa shape index (κ3) is 6.81. The Bertz CT molecular complexity index is 1560. The largest absolute Gasteiger partial charge is 0.444 e. The van der Waals surface area contributed by atoms with Crippen LogP contribution >= 0.6 is 0 Å². The zero-order valence-electron chi connectivity index (χ0n) is 24.6. The van der Waals surface area contributed by atoms with Gasteiger partial charge in [0.2, 0.25) is 5.95 Å². The van der Waals surface area contributed by atoms with Gasteiger partial charge in [-0.25, -0.2) is 14.8 Å². The number of amides is 1. The van der Waals surface area contributed by atoms with Gasteiger partial charge in [0.15, 0.2) is 0 Å². The van der Waals surface area contributed by atoms with Crippen molar-refractivity contribution in [1.29, 1.82) is 0 Å². The highest BCUT2D eigenvalue weighted by Crippen LogP contribution is 2.35. The molecule has 0 saturated carbocycles. The first-order chi connectivity index (χ1) is 19.6. The number of carbonyl (C=O) groups is 1. The Kier molecular flexibility index (Phi) is 8.19. The van der Waals surface area contributed by atoms with Crippen molar-refractivity contribution in [2.45, 2.75) is 52.2 Å². The van der Waals surface area contributed by atoms with E-state index in [1.54, 1.807) is 12.4 Å². The topological polar surface area (TPSA) is 102 Å². The van der Waals surface area contributed by atoms with Gasteiger partial charge in [-0.2, -0.15) is 0 Å². The number of aryl methyl sites for hydroxylation is 1. The van der Waals surface area contributed by atoms with Gasteiger partial charge >= 0.3 is 6.09 Å². The van der Waals surface area contributed by atoms with Crippen molar-refractivity contribution >= 4 is 34.3 Å². The molecule has 9 nitrogen and oxygen atoms in total. The smallest absolute Gasteiger partial charge is 0.412 e. The van der Waals surface area contributed by atoms with Crippen LogP contribution in [0.1, 0.15) is 49.8 Å². The predicted molar refractivity (Wildman–Crippen MR) is 163 cm³/mol. The van der Waals surface area contributed by atoms with E-state index in [1.807, 2.05) is 52.1 Å². The molecule has 1 fully saturated rings. The standard InChI is InChI=1S/C32H38N6O3/c1-20-11-13-33-16-26(20)25-9-10-28(36-31(39)41-32(2,3)4)27-17-34-30(37-29(25)27)35-23-7-8-24(21-12-14-40-19-21)22(15-23)18-38(5)6/h7-11,13,15-17,21H,12,14,18-19H2,1-6H3,(H,36,39)(H,34,35,37). The van der Waals surface area contributed by atoms with Crippen molar-refractivity contribution in [2.24, 2.45) is 0 Å². The molecule has 2 aromatic heterocycles. The number of pyridine rings is 1. The number of benzene rings is 2. The van der Waals surface area contributed by atoms with Crippen LogP contribution < -0.4 is 10.6 Å². The molecule has 1 aliphatic heterocycles. The fourth-order valence-electron chi connectivity index (χ4n) is 5.13. The van der Waals surface area contributed by atoms with Crippen molar-refractivity contribution < 1.29 is 14.3 Å². The minimum Gasteiger partial charge on any atom is -0.444 e. The molecule has 0 aliphatic carbocycles. The SMILES string of the molecule is Cc1ccncc1-c1ccc(NC(=O)OC(C)(C)C)c2cnc(Nc3ccc(C4CCOC4)c(CN(C)C)c3)nc12. The van der Waals surface area contributed by atoms with E-state index in [2.05, 4.69) is 57.8 Å². The predicted octanol–water partition coefficient (Wildman–Crippen LogP) is 6.66. The Hall–Kier alpha value is -4.08. The van der Waals surface area contributed by atoms with Gasteiger partial charge in [-0.3, -0.25) is 10.3 Å². The molecule has 3 heterocycles. The summed E-state index contributed by atoms with van der Waals surface area (Å²) in [7, 11) is 4.15. The van der Waals surface area contributed by atoms with Gasteiger partial charge in [0, 0.05) is 59.9 Å². The third-order valence-electron chi connectivity index (χ3n) is 6.97. The number of aromatic nitrogens is 3. The quantitative estimate of drug-likeness (QED) is 0.262. The van der Waals surface area contributed by atoms with E-state index in [-0.39, 0.29) is 0 Å². The maximum atomic E-state index is 12.6. The Morgan fingerprint density at radius 3 is 2.66 bits per heavy atom. The second-order valence-corrected chi connectivity index (χ2v) is 11.8. The molecule has 0 bridgehead atoms. The zero-order valence-corrected chi connectivity index (χ0v) is 24.6. The van der Waals surface area contributed by atoms with Crippen molar-refractivity contribution in [3.8, 4) is 11.1 Å². The van der Waals surface area contributed by atoms with Gasteiger partial charge < -0.3 is 19.7 Å². The Morgan fingerprint density at radius 1 is 1.12 bits per heavy atom. The minimum atomic E-state index is -0.619. The Balaban J connectivity index is 1.53. The number of nitrogens with one attached hydrogen (secondary N) is 2. The number of rotatable bonds is 7. The van der Waals surface area contributed by atoms with Crippen LogP contribution in [0.2, 0.25) is 0 Å². The summed E-state index contributed by atoms with van der Waals surface area (Å²) in [4.78, 5) is 28.7. The summed E-state index contributed by atoms with van der Waals surface area (Å²) >= 11 is 0. The zero-order chi connectivity index (χ0) is 29.1. The first-order valence-electron chi connectivity index (χ1n) is 13.9. The maximum Gasteiger partial charge on any atom is 0.412 e. The van der Waals surface area contributed by atoms with Crippen molar-refractivity contribution in [2.75, 3.05) is 37.9 Å². The van der Waals surface area contributed by atoms with Crippen LogP contribution in [-0.4, -0.2) is 58.9 Å². The second kappa shape index (κ2) is 11.8. The summed E-state index contributed by atoms with van der Waals surface area (Å²) in [6.45, 7) is 9.93. The summed E-state index contributed by atoms with van der Waals surface area (Å²) < 4.78 is 11.2. The fourth-order valence-corrected chi connectivity index (χ4v) is 5.13. The van der Waals surface area contributed by atoms with Crippen LogP contribution in [0.5, 0.6) is 0 Å². The lowest BCUT2D eigenvalue weighted by Gasteiger charge is -2.20. The molecule has 41 heavy (non-hydrogen) atoms. The summed E-state index contributed by atoms with van der Waals surface area (Å²) in [5.74, 6) is 0.875. The van der Waals surface area contributed by atoms with Crippen LogP contribution in [0, 0.1) is 6.92 Å². The van der Waals surface area contributed by atoms with Gasteiger partial charge in [-0.15, -0.1) is 0 Å². The summed E-state index contributed by atoms with van der Waals surface area (Å²) in [6.07, 6.45) is 5.84. The molecule has 1 atom stereocenters. The van der Waals surface area contributed by atoms with E-state index in [0.29, 0.717) is 28.5 Å². The average Bonchev–Trinajstić information content (AvgIpc) is 3.43. The first kappa shape index (κ1) is 28.4. The van der Waals surface area contributed by atoms with Crippen LogP contribution in [0.15, 0.2) is 55.0 Å². The van der Waals surface area contributed by atoms with Crippen LogP contribution in [-0.2, 0) is 16.0 Å². The average molecular weight is 555 g/mol. The number of hydrogen-bond acceptors (Lipinski definition) is 8. The van der Waals surface area contributed by atoms with Crippen molar-refractivity contribution in [1.82, 2.24) is 19.9 Å². The van der Waals surface area contributed by atoms with E-state index in [0.717, 1.165) is 48.6 Å². The molecule has 4 aromatic rings. The molecule has 214 valence electrons. The van der Waals surface area contributed by atoms with Crippen LogP contribution in [0.4, 0.5) is 22.1 Å². The number of fused-ring (bicyclic) bond motifs is 1. The molecule has 1 aliphatic rings. The van der Waals surface area contributed by atoms with Gasteiger partial charge in [0.05, 0.1) is 17.8 Å². The summed E-state index contributed by atoms with van der Waals surface area (Å²) in [6, 6.07) is 12.2. The van der Waals surface area contributed by atoms with E-state index in [1.165, 1.54) is 11.1 Å². The Morgan fingerprint density at radius 2 is 1.95 bits per heavy atom. The van der Waals surface area contributed by atoms with Crippen LogP contribution in [0.25, 0.3) is 22.0 Å². The highest BCUT2D eigenvalue weighted by molar-refractivity contribution is 6.05. The number of nitrogens with zero attached hydrogens (tertiary/aromatic N) is 4. The van der Waals surface area contributed by atoms with Crippen molar-refractivity contribution in [3.63, 3.8) is 0 Å². The molecule has 2 aromatic carbocycles. The van der Waals surface area contributed by atoms with E-state index in [9.17, 15) is 4.79 Å². The molecular formula is C32H38N6O3. The van der Waals surface area contributed by atoms with E-state index in [4.69, 9.17) is 14.5 Å². The number of anilines is 3. The monoisotopic (exact) mass is 554 g/mol. The Labute approximate surface area is 241 Å². The molecule has 0 spiro atoms. The maximum absolute atomic E-state index is 12.6. The summed E-state index contributed by atoms with van der Waals surface area (Å²) in [5.41, 5.74) is 7.07. The molecule has 2 N–H and O–H groups in total. The molecule has 5 rings (SSSR count). The molecule has 9 heteroatoms. The van der Waals surface area contributed by atoms with Gasteiger partial charge in [0.1, 0.15) is 5.60 Å². The van der Waals surface area contributed by atoms with Gasteiger partial charge in [-0.1, -0.05) is 12.1 Å². The number of carbonyl (C=O) groups excluding carboxylic acids is 1. The minimum absolute atomic E-state index is 0.414. The van der Waals surface area contributed by atoms with Gasteiger partial charge in [0.25, 0.3) is 0 Å². The normalized spacial score (nSPS) is 15.3. The highest BCUT2D eigenvalue weighted by atomic mass is 16.6. The third-order valence-corrected chi connectivity index (χ3v) is 6.97. The van der Waals surface area contributed by atoms with Crippen LogP contribution in [0.3, 0.4) is 0 Å². The second-order valence-electron chi connectivity index (χ2n) is 11.8. The van der Waals surface area contributed by atoms with Gasteiger partial charge in [-0.05, 0) is 89.2 Å². The van der Waals surface area contributed by atoms with E-state index < -0.39 is 11.7 Å². The lowest BCUT2D eigenvalue weighted by atomic mass is 9.93.